The summed E-state index contributed by atoms with van der Waals surface area (Å²) in [6.07, 6.45) is 0. The quantitative estimate of drug-likeness (QED) is 0.181. The molecule has 0 saturated carbocycles. The first-order valence-corrected chi connectivity index (χ1v) is 16.5. The van der Waals surface area contributed by atoms with Crippen molar-refractivity contribution in [1.82, 2.24) is 4.57 Å². The molecule has 48 heavy (non-hydrogen) atoms. The molecule has 1 heterocycles. The maximum atomic E-state index is 2.45. The first-order chi connectivity index (χ1) is 23.9. The Balaban J connectivity index is 1.41. The molecule has 226 valence electrons. The average molecular weight is 613 g/mol. The van der Waals surface area contributed by atoms with Gasteiger partial charge in [0.2, 0.25) is 0 Å². The van der Waals surface area contributed by atoms with Gasteiger partial charge in [-0.3, -0.25) is 0 Å². The van der Waals surface area contributed by atoms with Gasteiger partial charge in [0, 0.05) is 27.5 Å². The van der Waals surface area contributed by atoms with Crippen LogP contribution in [0.3, 0.4) is 0 Å². The fourth-order valence-electron chi connectivity index (χ4n) is 7.32. The molecule has 2 heteroatoms. The van der Waals surface area contributed by atoms with Crippen molar-refractivity contribution < 1.29 is 0 Å². The molecule has 2 nitrogen and oxygen atoms in total. The zero-order valence-corrected chi connectivity index (χ0v) is 26.4. The molecule has 9 aromatic rings. The summed E-state index contributed by atoms with van der Waals surface area (Å²) in [5, 5.41) is 4.89. The molecule has 1 aromatic heterocycles. The van der Waals surface area contributed by atoms with Crippen molar-refractivity contribution >= 4 is 49.6 Å². The zero-order valence-electron chi connectivity index (χ0n) is 26.4. The van der Waals surface area contributed by atoms with E-state index in [9.17, 15) is 0 Å². The second-order valence-electron chi connectivity index (χ2n) is 12.1. The average Bonchev–Trinajstić information content (AvgIpc) is 3.52. The molecule has 0 radical (unpaired) electrons. The van der Waals surface area contributed by atoms with Gasteiger partial charge < -0.3 is 9.47 Å². The second kappa shape index (κ2) is 11.8. The van der Waals surface area contributed by atoms with Crippen LogP contribution in [0.15, 0.2) is 194 Å². The third-order valence-electron chi connectivity index (χ3n) is 9.38. The van der Waals surface area contributed by atoms with Crippen molar-refractivity contribution in [3.8, 4) is 27.9 Å². The highest BCUT2D eigenvalue weighted by atomic mass is 15.1. The topological polar surface area (TPSA) is 8.17 Å². The van der Waals surface area contributed by atoms with Gasteiger partial charge in [0.05, 0.1) is 22.4 Å². The van der Waals surface area contributed by atoms with E-state index in [1.165, 1.54) is 54.8 Å². The van der Waals surface area contributed by atoms with Gasteiger partial charge in [-0.25, -0.2) is 0 Å². The fourth-order valence-corrected chi connectivity index (χ4v) is 7.32. The lowest BCUT2D eigenvalue weighted by atomic mass is 9.95. The van der Waals surface area contributed by atoms with Crippen molar-refractivity contribution in [2.45, 2.75) is 0 Å². The number of aromatic nitrogens is 1. The van der Waals surface area contributed by atoms with Crippen LogP contribution in [0, 0.1) is 0 Å². The summed E-state index contributed by atoms with van der Waals surface area (Å²) >= 11 is 0. The highest BCUT2D eigenvalue weighted by Gasteiger charge is 2.24. The molecule has 9 rings (SSSR count). The van der Waals surface area contributed by atoms with E-state index in [1.54, 1.807) is 0 Å². The van der Waals surface area contributed by atoms with Gasteiger partial charge in [0.15, 0.2) is 0 Å². The van der Waals surface area contributed by atoms with E-state index in [2.05, 4.69) is 204 Å². The van der Waals surface area contributed by atoms with Crippen LogP contribution in [0.1, 0.15) is 0 Å². The first-order valence-electron chi connectivity index (χ1n) is 16.5. The molecule has 0 aliphatic heterocycles. The van der Waals surface area contributed by atoms with Gasteiger partial charge in [0.25, 0.3) is 0 Å². The minimum Gasteiger partial charge on any atom is -0.309 e. The third kappa shape index (κ3) is 4.58. The van der Waals surface area contributed by atoms with Crippen LogP contribution in [0.2, 0.25) is 0 Å². The van der Waals surface area contributed by atoms with Crippen LogP contribution >= 0.6 is 0 Å². The molecular formula is C46H32N2. The number of hydrogen-bond acceptors (Lipinski definition) is 1. The molecule has 0 bridgehead atoms. The molecule has 0 spiro atoms. The van der Waals surface area contributed by atoms with Gasteiger partial charge in [-0.2, -0.15) is 0 Å². The minimum atomic E-state index is 1.11. The summed E-state index contributed by atoms with van der Waals surface area (Å²) in [7, 11) is 0. The lowest BCUT2D eigenvalue weighted by Crippen LogP contribution is -2.11. The number of rotatable bonds is 6. The number of anilines is 3. The molecule has 0 saturated heterocycles. The maximum absolute atomic E-state index is 2.45. The Morgan fingerprint density at radius 1 is 0.333 bits per heavy atom. The minimum absolute atomic E-state index is 1.11. The van der Waals surface area contributed by atoms with E-state index in [0.717, 1.165) is 22.7 Å². The van der Waals surface area contributed by atoms with Crippen LogP contribution in [-0.2, 0) is 0 Å². The van der Waals surface area contributed by atoms with Gasteiger partial charge in [-0.05, 0) is 76.2 Å². The smallest absolute Gasteiger partial charge is 0.0562 e. The van der Waals surface area contributed by atoms with Gasteiger partial charge in [-0.1, -0.05) is 146 Å². The predicted molar refractivity (Wildman–Crippen MR) is 204 cm³/mol. The molecule has 0 fully saturated rings. The standard InChI is InChI=1S/C46H32N2/c1-5-17-33(18-6-1)37-31-32-41(40-26-14-13-25-39(37)40)47(35-21-9-3-10-22-35)43-29-16-30-44-46(43)45-38(34-19-7-2-8-20-34)27-15-28-42(45)48(44)36-23-11-4-12-24-36/h1-32H. The Morgan fingerprint density at radius 2 is 0.875 bits per heavy atom. The van der Waals surface area contributed by atoms with Gasteiger partial charge in [-0.15, -0.1) is 0 Å². The van der Waals surface area contributed by atoms with Crippen molar-refractivity contribution in [3.05, 3.63) is 194 Å². The summed E-state index contributed by atoms with van der Waals surface area (Å²) in [6.45, 7) is 0. The zero-order chi connectivity index (χ0) is 31.9. The maximum Gasteiger partial charge on any atom is 0.0562 e. The molecule has 0 N–H and O–H groups in total. The van der Waals surface area contributed by atoms with E-state index >= 15 is 0 Å². The monoisotopic (exact) mass is 612 g/mol. The van der Waals surface area contributed by atoms with E-state index in [0.29, 0.717) is 0 Å². The van der Waals surface area contributed by atoms with Crippen molar-refractivity contribution in [1.29, 1.82) is 0 Å². The number of hydrogen-bond donors (Lipinski definition) is 0. The number of benzene rings is 8. The first kappa shape index (κ1) is 27.9. The van der Waals surface area contributed by atoms with Crippen LogP contribution in [0.5, 0.6) is 0 Å². The second-order valence-corrected chi connectivity index (χ2v) is 12.1. The largest absolute Gasteiger partial charge is 0.309 e. The summed E-state index contributed by atoms with van der Waals surface area (Å²) in [5.74, 6) is 0. The van der Waals surface area contributed by atoms with Crippen molar-refractivity contribution in [2.75, 3.05) is 4.90 Å². The van der Waals surface area contributed by atoms with Crippen molar-refractivity contribution in [2.24, 2.45) is 0 Å². The number of para-hydroxylation sites is 2. The normalized spacial score (nSPS) is 11.3. The highest BCUT2D eigenvalue weighted by molar-refractivity contribution is 6.22. The Bertz CT molecular complexity index is 2530. The molecule has 8 aromatic carbocycles. The summed E-state index contributed by atoms with van der Waals surface area (Å²) in [5.41, 5.74) is 11.8. The van der Waals surface area contributed by atoms with E-state index in [1.807, 2.05) is 0 Å². The summed E-state index contributed by atoms with van der Waals surface area (Å²) in [6, 6.07) is 69.8. The summed E-state index contributed by atoms with van der Waals surface area (Å²) < 4.78 is 2.42. The molecule has 0 aliphatic carbocycles. The molecule has 0 atom stereocenters. The Labute approximate surface area is 280 Å². The highest BCUT2D eigenvalue weighted by Crippen LogP contribution is 2.48. The van der Waals surface area contributed by atoms with Crippen LogP contribution in [0.25, 0.3) is 60.5 Å². The van der Waals surface area contributed by atoms with Crippen LogP contribution in [0.4, 0.5) is 17.1 Å². The molecular weight excluding hydrogens is 581 g/mol. The molecule has 0 amide bonds. The van der Waals surface area contributed by atoms with Gasteiger partial charge in [0.1, 0.15) is 0 Å². The lowest BCUT2D eigenvalue weighted by molar-refractivity contribution is 1.18. The van der Waals surface area contributed by atoms with Crippen molar-refractivity contribution in [3.63, 3.8) is 0 Å². The number of fused-ring (bicyclic) bond motifs is 4. The Kier molecular flexibility index (Phi) is 6.84. The predicted octanol–water partition coefficient (Wildman–Crippen LogP) is 12.7. The van der Waals surface area contributed by atoms with E-state index in [-0.39, 0.29) is 0 Å². The fraction of sp³-hybridized carbons (Fsp3) is 0. The van der Waals surface area contributed by atoms with Crippen LogP contribution in [-0.4, -0.2) is 4.57 Å². The molecule has 0 unspecified atom stereocenters. The Morgan fingerprint density at radius 3 is 1.56 bits per heavy atom. The molecule has 0 aliphatic rings. The number of nitrogens with zero attached hydrogens (tertiary/aromatic N) is 2. The van der Waals surface area contributed by atoms with E-state index < -0.39 is 0 Å². The van der Waals surface area contributed by atoms with E-state index in [4.69, 9.17) is 0 Å². The SMILES string of the molecule is c1ccc(-c2ccc(N(c3ccccc3)c3cccc4c3c3c(-c5ccccc5)cccc3n4-c3ccccc3)c3ccccc23)cc1. The summed E-state index contributed by atoms with van der Waals surface area (Å²) in [4.78, 5) is 2.45. The third-order valence-corrected chi connectivity index (χ3v) is 9.38. The van der Waals surface area contributed by atoms with Gasteiger partial charge >= 0.3 is 0 Å². The van der Waals surface area contributed by atoms with Crippen LogP contribution < -0.4 is 4.90 Å². The lowest BCUT2D eigenvalue weighted by Gasteiger charge is -2.28. The Hall–Kier alpha value is -6.38.